The Morgan fingerprint density at radius 3 is 2.47 bits per heavy atom. The van der Waals surface area contributed by atoms with Crippen LogP contribution in [0.4, 0.5) is 0 Å². The van der Waals surface area contributed by atoms with Crippen molar-refractivity contribution in [2.75, 3.05) is 18.6 Å². The van der Waals surface area contributed by atoms with Gasteiger partial charge in [-0.05, 0) is 19.1 Å². The van der Waals surface area contributed by atoms with Gasteiger partial charge in [0.15, 0.2) is 0 Å². The molecule has 0 rings (SSSR count). The summed E-state index contributed by atoms with van der Waals surface area (Å²) in [6.07, 6.45) is 5.79. The summed E-state index contributed by atoms with van der Waals surface area (Å²) in [5.41, 5.74) is 0. The Morgan fingerprint density at radius 1 is 1.24 bits per heavy atom. The SMILES string of the molecule is CSCC(C)C(=O)NCCCCCCC(=O)O. The molecule has 1 amide bonds. The average Bonchev–Trinajstić information content (AvgIpc) is 2.27. The van der Waals surface area contributed by atoms with Gasteiger partial charge in [-0.15, -0.1) is 0 Å². The van der Waals surface area contributed by atoms with E-state index in [1.165, 1.54) is 0 Å². The molecule has 0 aromatic carbocycles. The Kier molecular flexibility index (Phi) is 10.0. The van der Waals surface area contributed by atoms with E-state index in [2.05, 4.69) is 5.32 Å². The highest BCUT2D eigenvalue weighted by Gasteiger charge is 2.10. The lowest BCUT2D eigenvalue weighted by atomic mass is 10.1. The average molecular weight is 261 g/mol. The summed E-state index contributed by atoms with van der Waals surface area (Å²) in [4.78, 5) is 21.8. The number of carboxylic acids is 1. The number of thioether (sulfide) groups is 1. The van der Waals surface area contributed by atoms with Crippen molar-refractivity contribution < 1.29 is 14.7 Å². The first kappa shape index (κ1) is 16.3. The zero-order valence-corrected chi connectivity index (χ0v) is 11.5. The molecule has 0 aromatic rings. The molecular weight excluding hydrogens is 238 g/mol. The molecule has 100 valence electrons. The molecule has 0 saturated heterocycles. The minimum absolute atomic E-state index is 0.0667. The molecule has 0 fully saturated rings. The number of rotatable bonds is 10. The van der Waals surface area contributed by atoms with Crippen molar-refractivity contribution in [1.82, 2.24) is 5.32 Å². The molecular formula is C12H23NO3S. The van der Waals surface area contributed by atoms with E-state index in [0.29, 0.717) is 6.54 Å². The first-order chi connectivity index (χ1) is 8.07. The summed E-state index contributed by atoms with van der Waals surface area (Å²) in [5.74, 6) is 0.302. The second kappa shape index (κ2) is 10.4. The van der Waals surface area contributed by atoms with Gasteiger partial charge in [-0.3, -0.25) is 9.59 Å². The summed E-state index contributed by atoms with van der Waals surface area (Å²) >= 11 is 1.67. The number of carbonyl (C=O) groups is 2. The summed E-state index contributed by atoms with van der Waals surface area (Å²) in [5, 5.41) is 11.3. The van der Waals surface area contributed by atoms with Gasteiger partial charge >= 0.3 is 5.97 Å². The van der Waals surface area contributed by atoms with Crippen LogP contribution < -0.4 is 5.32 Å². The Balaban J connectivity index is 3.33. The minimum atomic E-state index is -0.732. The van der Waals surface area contributed by atoms with Crippen LogP contribution in [-0.4, -0.2) is 35.5 Å². The topological polar surface area (TPSA) is 66.4 Å². The van der Waals surface area contributed by atoms with E-state index in [9.17, 15) is 9.59 Å². The summed E-state index contributed by atoms with van der Waals surface area (Å²) < 4.78 is 0. The van der Waals surface area contributed by atoms with Crippen LogP contribution >= 0.6 is 11.8 Å². The van der Waals surface area contributed by atoms with Crippen molar-refractivity contribution in [2.24, 2.45) is 5.92 Å². The molecule has 0 aromatic heterocycles. The molecule has 4 nitrogen and oxygen atoms in total. The molecule has 0 aliphatic heterocycles. The molecule has 1 unspecified atom stereocenters. The van der Waals surface area contributed by atoms with Crippen LogP contribution in [0.25, 0.3) is 0 Å². The van der Waals surface area contributed by atoms with Gasteiger partial charge in [-0.25, -0.2) is 0 Å². The maximum atomic E-state index is 11.5. The van der Waals surface area contributed by atoms with Gasteiger partial charge in [0.2, 0.25) is 5.91 Å². The van der Waals surface area contributed by atoms with E-state index < -0.39 is 5.97 Å². The van der Waals surface area contributed by atoms with Crippen molar-refractivity contribution in [3.05, 3.63) is 0 Å². The second-order valence-corrected chi connectivity index (χ2v) is 5.12. The van der Waals surface area contributed by atoms with E-state index in [1.807, 2.05) is 13.2 Å². The molecule has 2 N–H and O–H groups in total. The number of amides is 1. The standard InChI is InChI=1S/C12H23NO3S/c1-10(9-17-2)12(16)13-8-6-4-3-5-7-11(14)15/h10H,3-9H2,1-2H3,(H,13,16)(H,14,15). The number of carbonyl (C=O) groups excluding carboxylic acids is 1. The lowest BCUT2D eigenvalue weighted by molar-refractivity contribution is -0.137. The lowest BCUT2D eigenvalue weighted by Crippen LogP contribution is -2.31. The molecule has 5 heteroatoms. The molecule has 0 spiro atoms. The van der Waals surface area contributed by atoms with Gasteiger partial charge in [0, 0.05) is 24.6 Å². The van der Waals surface area contributed by atoms with Crippen LogP contribution in [0, 0.1) is 5.92 Å². The highest BCUT2D eigenvalue weighted by molar-refractivity contribution is 7.98. The molecule has 0 aliphatic rings. The van der Waals surface area contributed by atoms with Crippen molar-refractivity contribution in [3.63, 3.8) is 0 Å². The van der Waals surface area contributed by atoms with E-state index in [4.69, 9.17) is 5.11 Å². The largest absolute Gasteiger partial charge is 0.481 e. The van der Waals surface area contributed by atoms with Gasteiger partial charge in [0.25, 0.3) is 0 Å². The van der Waals surface area contributed by atoms with E-state index >= 15 is 0 Å². The summed E-state index contributed by atoms with van der Waals surface area (Å²) in [6.45, 7) is 2.63. The fourth-order valence-electron chi connectivity index (χ4n) is 1.47. The number of nitrogens with one attached hydrogen (secondary N) is 1. The van der Waals surface area contributed by atoms with Crippen LogP contribution in [0.15, 0.2) is 0 Å². The Labute approximate surface area is 108 Å². The highest BCUT2D eigenvalue weighted by atomic mass is 32.2. The number of hydrogen-bond donors (Lipinski definition) is 2. The van der Waals surface area contributed by atoms with E-state index in [-0.39, 0.29) is 18.2 Å². The maximum absolute atomic E-state index is 11.5. The minimum Gasteiger partial charge on any atom is -0.481 e. The molecule has 0 aliphatic carbocycles. The van der Waals surface area contributed by atoms with Crippen LogP contribution in [0.3, 0.4) is 0 Å². The van der Waals surface area contributed by atoms with Crippen molar-refractivity contribution in [2.45, 2.75) is 39.0 Å². The number of unbranched alkanes of at least 4 members (excludes halogenated alkanes) is 3. The predicted molar refractivity (Wildman–Crippen MR) is 71.3 cm³/mol. The van der Waals surface area contributed by atoms with Gasteiger partial charge in [-0.2, -0.15) is 11.8 Å². The van der Waals surface area contributed by atoms with Crippen LogP contribution in [-0.2, 0) is 9.59 Å². The first-order valence-electron chi connectivity index (χ1n) is 6.06. The van der Waals surface area contributed by atoms with Crippen molar-refractivity contribution in [3.8, 4) is 0 Å². The molecule has 17 heavy (non-hydrogen) atoms. The van der Waals surface area contributed by atoms with Gasteiger partial charge in [0.05, 0.1) is 0 Å². The quantitative estimate of drug-likeness (QED) is 0.591. The number of hydrogen-bond acceptors (Lipinski definition) is 3. The zero-order valence-electron chi connectivity index (χ0n) is 10.7. The van der Waals surface area contributed by atoms with E-state index in [0.717, 1.165) is 31.4 Å². The molecule has 0 heterocycles. The van der Waals surface area contributed by atoms with Crippen LogP contribution in [0.1, 0.15) is 39.0 Å². The third-order valence-corrected chi connectivity index (χ3v) is 3.31. The van der Waals surface area contributed by atoms with Gasteiger partial charge in [0.1, 0.15) is 0 Å². The molecule has 0 saturated carbocycles. The Hall–Kier alpha value is -0.710. The van der Waals surface area contributed by atoms with Crippen LogP contribution in [0.5, 0.6) is 0 Å². The van der Waals surface area contributed by atoms with Crippen molar-refractivity contribution >= 4 is 23.6 Å². The fraction of sp³-hybridized carbons (Fsp3) is 0.833. The van der Waals surface area contributed by atoms with Crippen LogP contribution in [0.2, 0.25) is 0 Å². The maximum Gasteiger partial charge on any atom is 0.303 e. The Morgan fingerprint density at radius 2 is 1.88 bits per heavy atom. The van der Waals surface area contributed by atoms with Gasteiger partial charge in [-0.1, -0.05) is 19.8 Å². The second-order valence-electron chi connectivity index (χ2n) is 4.21. The third-order valence-electron chi connectivity index (χ3n) is 2.48. The Bertz CT molecular complexity index is 234. The molecule has 0 bridgehead atoms. The smallest absolute Gasteiger partial charge is 0.303 e. The number of carboxylic acid groups (broad SMARTS) is 1. The summed E-state index contributed by atoms with van der Waals surface area (Å²) in [6, 6.07) is 0. The van der Waals surface area contributed by atoms with Gasteiger partial charge < -0.3 is 10.4 Å². The third kappa shape index (κ3) is 10.2. The van der Waals surface area contributed by atoms with Crippen molar-refractivity contribution in [1.29, 1.82) is 0 Å². The van der Waals surface area contributed by atoms with E-state index in [1.54, 1.807) is 11.8 Å². The zero-order chi connectivity index (χ0) is 13.1. The number of aliphatic carboxylic acids is 1. The fourth-order valence-corrected chi connectivity index (χ4v) is 2.12. The first-order valence-corrected chi connectivity index (χ1v) is 7.45. The predicted octanol–water partition coefficient (Wildman–Crippen LogP) is 2.14. The normalized spacial score (nSPS) is 12.1. The molecule has 1 atom stereocenters. The highest BCUT2D eigenvalue weighted by Crippen LogP contribution is 2.05. The summed E-state index contributed by atoms with van der Waals surface area (Å²) in [7, 11) is 0. The lowest BCUT2D eigenvalue weighted by Gasteiger charge is -2.10. The molecule has 0 radical (unpaired) electrons. The monoisotopic (exact) mass is 261 g/mol.